The van der Waals surface area contributed by atoms with Crippen molar-refractivity contribution in [3.63, 3.8) is 0 Å². The molecule has 0 spiro atoms. The number of nitrogens with one attached hydrogen (secondary N) is 2. The molecule has 5 rings (SSSR count). The number of ether oxygens (including phenoxy) is 1. The van der Waals surface area contributed by atoms with Gasteiger partial charge in [-0.3, -0.25) is 0 Å². The lowest BCUT2D eigenvalue weighted by atomic mass is 10.2. The molecule has 0 amide bonds. The van der Waals surface area contributed by atoms with E-state index < -0.39 is 15.1 Å². The van der Waals surface area contributed by atoms with Crippen molar-refractivity contribution in [2.45, 2.75) is 30.5 Å². The Morgan fingerprint density at radius 3 is 2.48 bits per heavy atom. The number of methoxy groups -OCH3 is 1. The van der Waals surface area contributed by atoms with Gasteiger partial charge in [-0.2, -0.15) is 4.98 Å². The van der Waals surface area contributed by atoms with Gasteiger partial charge in [0.2, 0.25) is 5.95 Å². The number of sulfone groups is 1. The smallest absolute Gasteiger partial charge is 0.229 e. The van der Waals surface area contributed by atoms with Gasteiger partial charge in [0.05, 0.1) is 28.5 Å². The quantitative estimate of drug-likeness (QED) is 0.309. The van der Waals surface area contributed by atoms with Crippen LogP contribution >= 0.6 is 0 Å². The first-order chi connectivity index (χ1) is 19.2. The fraction of sp³-hybridized carbons (Fsp3) is 0.379. The molecule has 11 heteroatoms. The van der Waals surface area contributed by atoms with Gasteiger partial charge in [0.15, 0.2) is 15.7 Å². The predicted molar refractivity (Wildman–Crippen MR) is 161 cm³/mol. The maximum Gasteiger partial charge on any atom is 0.229 e. The van der Waals surface area contributed by atoms with Crippen LogP contribution in [0.3, 0.4) is 0 Å². The number of hydrogen-bond donors (Lipinski definition) is 2. The normalized spacial score (nSPS) is 14.6. The van der Waals surface area contributed by atoms with Crippen LogP contribution < -0.4 is 20.3 Å². The molecule has 0 atom stereocenters. The van der Waals surface area contributed by atoms with Crippen LogP contribution in [0.4, 0.5) is 23.1 Å². The van der Waals surface area contributed by atoms with Crippen LogP contribution in [0.5, 0.6) is 5.75 Å². The summed E-state index contributed by atoms with van der Waals surface area (Å²) in [4.78, 5) is 14.5. The molecule has 0 bridgehead atoms. The van der Waals surface area contributed by atoms with Crippen LogP contribution in [-0.2, 0) is 23.4 Å². The van der Waals surface area contributed by atoms with Crippen molar-refractivity contribution in [1.29, 1.82) is 0 Å². The average Bonchev–Trinajstić information content (AvgIpc) is 3.33. The number of likely N-dealkylation sites (N-methyl/N-ethyl adjacent to an activating group) is 1. The number of anilines is 4. The third-order valence-electron chi connectivity index (χ3n) is 7.37. The Bertz CT molecular complexity index is 1610. The number of aryl methyl sites for hydroxylation is 1. The van der Waals surface area contributed by atoms with Gasteiger partial charge in [0.1, 0.15) is 11.3 Å². The Morgan fingerprint density at radius 1 is 1.00 bits per heavy atom. The molecule has 2 aromatic heterocycles. The molecule has 0 saturated carbocycles. The second-order valence-corrected chi connectivity index (χ2v) is 12.9. The van der Waals surface area contributed by atoms with Crippen molar-refractivity contribution in [2.75, 3.05) is 55.9 Å². The third-order valence-corrected chi connectivity index (χ3v) is 9.62. The molecule has 3 heterocycles. The predicted octanol–water partition coefficient (Wildman–Crippen LogP) is 4.27. The minimum atomic E-state index is -3.43. The summed E-state index contributed by atoms with van der Waals surface area (Å²) in [5.41, 5.74) is 4.15. The number of fused-ring (bicyclic) bond motifs is 1. The lowest BCUT2D eigenvalue weighted by molar-refractivity contribution is 0.312. The van der Waals surface area contributed by atoms with Gasteiger partial charge >= 0.3 is 0 Å². The molecule has 212 valence electrons. The average molecular weight is 564 g/mol. The summed E-state index contributed by atoms with van der Waals surface area (Å²) >= 11 is 0. The third kappa shape index (κ3) is 5.57. The van der Waals surface area contributed by atoms with Crippen LogP contribution in [-0.4, -0.2) is 73.4 Å². The zero-order valence-electron chi connectivity index (χ0n) is 23.7. The SMILES string of the molecule is COc1cc(N2CCN(C)CC2)ccc1Nc1nc(NCc2ccccc2S(=O)(=O)C(C)C)c2c(ccn2C)n1. The van der Waals surface area contributed by atoms with Gasteiger partial charge in [-0.15, -0.1) is 0 Å². The van der Waals surface area contributed by atoms with Crippen LogP contribution in [0.1, 0.15) is 19.4 Å². The van der Waals surface area contributed by atoms with Crippen LogP contribution in [0.15, 0.2) is 59.6 Å². The Hall–Kier alpha value is -3.83. The van der Waals surface area contributed by atoms with E-state index in [2.05, 4.69) is 33.5 Å². The highest BCUT2D eigenvalue weighted by Gasteiger charge is 2.23. The van der Waals surface area contributed by atoms with Gasteiger partial charge in [0, 0.05) is 57.7 Å². The topological polar surface area (TPSA) is 105 Å². The summed E-state index contributed by atoms with van der Waals surface area (Å²) in [6, 6.07) is 15.1. The first kappa shape index (κ1) is 27.7. The molecular weight excluding hydrogens is 526 g/mol. The number of piperazine rings is 1. The summed E-state index contributed by atoms with van der Waals surface area (Å²) in [5, 5.41) is 6.19. The van der Waals surface area contributed by atoms with Crippen molar-refractivity contribution >= 4 is 44.0 Å². The molecule has 1 aliphatic rings. The molecule has 4 aromatic rings. The van der Waals surface area contributed by atoms with Crippen LogP contribution in [0, 0.1) is 0 Å². The highest BCUT2D eigenvalue weighted by molar-refractivity contribution is 7.92. The second-order valence-electron chi connectivity index (χ2n) is 10.4. The van der Waals surface area contributed by atoms with Gasteiger partial charge in [-0.05, 0) is 50.7 Å². The molecule has 10 nitrogen and oxygen atoms in total. The van der Waals surface area contributed by atoms with Gasteiger partial charge in [-0.25, -0.2) is 13.4 Å². The van der Waals surface area contributed by atoms with Crippen LogP contribution in [0.25, 0.3) is 11.0 Å². The summed E-state index contributed by atoms with van der Waals surface area (Å²) in [6.45, 7) is 7.67. The standard InChI is InChI=1S/C29H37N7O3S/c1-20(2)40(37,38)26-9-7-6-8-21(26)19-30-28-27-24(12-13-35(27)4)32-29(33-28)31-23-11-10-22(18-25(23)39-5)36-16-14-34(3)15-17-36/h6-13,18,20H,14-17,19H2,1-5H3,(H2,30,31,32,33). The maximum absolute atomic E-state index is 13.0. The van der Waals surface area contributed by atoms with E-state index in [1.165, 1.54) is 0 Å². The zero-order chi connectivity index (χ0) is 28.4. The van der Waals surface area contributed by atoms with E-state index in [0.29, 0.717) is 34.5 Å². The summed E-state index contributed by atoms with van der Waals surface area (Å²) in [6.07, 6.45) is 1.93. The van der Waals surface area contributed by atoms with Gasteiger partial charge in [-0.1, -0.05) is 18.2 Å². The number of benzene rings is 2. The van der Waals surface area contributed by atoms with Crippen LogP contribution in [0.2, 0.25) is 0 Å². The van der Waals surface area contributed by atoms with E-state index in [4.69, 9.17) is 14.7 Å². The highest BCUT2D eigenvalue weighted by atomic mass is 32.2. The molecule has 1 fully saturated rings. The Kier molecular flexibility index (Phi) is 7.86. The lowest BCUT2D eigenvalue weighted by Gasteiger charge is -2.34. The Morgan fingerprint density at radius 2 is 1.75 bits per heavy atom. The molecule has 0 unspecified atom stereocenters. The van der Waals surface area contributed by atoms with Crippen molar-refractivity contribution in [3.05, 3.63) is 60.3 Å². The second kappa shape index (κ2) is 11.3. The molecular formula is C29H37N7O3S. The van der Waals surface area contributed by atoms with Crippen molar-refractivity contribution in [1.82, 2.24) is 19.4 Å². The monoisotopic (exact) mass is 563 g/mol. The van der Waals surface area contributed by atoms with Crippen molar-refractivity contribution < 1.29 is 13.2 Å². The molecule has 1 saturated heterocycles. The number of nitrogens with zero attached hydrogens (tertiary/aromatic N) is 5. The number of rotatable bonds is 9. The zero-order valence-corrected chi connectivity index (χ0v) is 24.5. The molecule has 2 aromatic carbocycles. The van der Waals surface area contributed by atoms with Gasteiger partial charge < -0.3 is 29.7 Å². The number of hydrogen-bond acceptors (Lipinski definition) is 9. The number of aromatic nitrogens is 3. The fourth-order valence-electron chi connectivity index (χ4n) is 4.90. The minimum absolute atomic E-state index is 0.294. The Balaban J connectivity index is 1.43. The highest BCUT2D eigenvalue weighted by Crippen LogP contribution is 2.33. The van der Waals surface area contributed by atoms with E-state index in [9.17, 15) is 8.42 Å². The molecule has 40 heavy (non-hydrogen) atoms. The summed E-state index contributed by atoms with van der Waals surface area (Å²) in [7, 11) is 2.30. The summed E-state index contributed by atoms with van der Waals surface area (Å²) in [5.74, 6) is 1.72. The van der Waals surface area contributed by atoms with E-state index in [1.807, 2.05) is 48.1 Å². The maximum atomic E-state index is 13.0. The van der Waals surface area contributed by atoms with E-state index in [1.54, 1.807) is 33.1 Å². The molecule has 0 aliphatic carbocycles. The lowest BCUT2D eigenvalue weighted by Crippen LogP contribution is -2.44. The first-order valence-corrected chi connectivity index (χ1v) is 15.0. The molecule has 0 radical (unpaired) electrons. The van der Waals surface area contributed by atoms with Crippen molar-refractivity contribution in [2.24, 2.45) is 7.05 Å². The minimum Gasteiger partial charge on any atom is -0.494 e. The molecule has 2 N–H and O–H groups in total. The first-order valence-electron chi connectivity index (χ1n) is 13.4. The summed E-state index contributed by atoms with van der Waals surface area (Å²) < 4.78 is 33.6. The fourth-order valence-corrected chi connectivity index (χ4v) is 6.18. The van der Waals surface area contributed by atoms with Crippen molar-refractivity contribution in [3.8, 4) is 5.75 Å². The molecule has 1 aliphatic heterocycles. The van der Waals surface area contributed by atoms with E-state index in [0.717, 1.165) is 48.6 Å². The largest absolute Gasteiger partial charge is 0.494 e. The van der Waals surface area contributed by atoms with E-state index in [-0.39, 0.29) is 0 Å². The van der Waals surface area contributed by atoms with Gasteiger partial charge in [0.25, 0.3) is 0 Å². The Labute approximate surface area is 235 Å². The van der Waals surface area contributed by atoms with E-state index >= 15 is 0 Å².